The number of methoxy groups -OCH3 is 1. The lowest BCUT2D eigenvalue weighted by molar-refractivity contribution is -0.137. The lowest BCUT2D eigenvalue weighted by atomic mass is 9.95. The van der Waals surface area contributed by atoms with E-state index in [0.29, 0.717) is 37.2 Å². The molecule has 2 heterocycles. The fraction of sp³-hybridized carbons (Fsp3) is 0.429. The van der Waals surface area contributed by atoms with Gasteiger partial charge in [-0.15, -0.1) is 0 Å². The van der Waals surface area contributed by atoms with Gasteiger partial charge in [0.15, 0.2) is 0 Å². The number of alkyl halides is 3. The van der Waals surface area contributed by atoms with Crippen LogP contribution in [0.1, 0.15) is 30.1 Å². The minimum Gasteiger partial charge on any atom is -0.496 e. The molecule has 1 aliphatic rings. The van der Waals surface area contributed by atoms with E-state index in [1.807, 2.05) is 0 Å². The number of carbonyl (C=O) groups is 1. The van der Waals surface area contributed by atoms with Gasteiger partial charge in [0, 0.05) is 37.3 Å². The Hall–Kier alpha value is -2.52. The van der Waals surface area contributed by atoms with Crippen molar-refractivity contribution in [2.75, 3.05) is 31.6 Å². The molecule has 0 radical (unpaired) electrons. The van der Waals surface area contributed by atoms with Gasteiger partial charge in [-0.1, -0.05) is 29.8 Å². The maximum absolute atomic E-state index is 12.8. The number of ether oxygens (including phenoxy) is 1. The van der Waals surface area contributed by atoms with Crippen molar-refractivity contribution in [1.29, 1.82) is 0 Å². The molecule has 0 bridgehead atoms. The van der Waals surface area contributed by atoms with Crippen LogP contribution in [0.25, 0.3) is 0 Å². The number of nitrogens with one attached hydrogen (secondary N) is 1. The summed E-state index contributed by atoms with van der Waals surface area (Å²) in [6.45, 7) is 0.919. The Balaban J connectivity index is 1.53. The molecular formula is C21H23ClF3N3O3. The third-order valence-corrected chi connectivity index (χ3v) is 5.56. The normalized spacial score (nSPS) is 16.1. The van der Waals surface area contributed by atoms with Gasteiger partial charge in [-0.05, 0) is 25.0 Å². The highest BCUT2D eigenvalue weighted by Crippen LogP contribution is 2.34. The molecule has 2 N–H and O–H groups in total. The largest absolute Gasteiger partial charge is 0.496 e. The summed E-state index contributed by atoms with van der Waals surface area (Å²) in [6.07, 6.45) is -3.66. The van der Waals surface area contributed by atoms with Gasteiger partial charge in [0.05, 0.1) is 23.8 Å². The number of pyridine rings is 1. The number of hydrogen-bond acceptors (Lipinski definition) is 5. The van der Waals surface area contributed by atoms with Crippen molar-refractivity contribution in [3.8, 4) is 5.75 Å². The zero-order valence-electron chi connectivity index (χ0n) is 16.8. The third kappa shape index (κ3) is 5.59. The molecule has 1 atom stereocenters. The summed E-state index contributed by atoms with van der Waals surface area (Å²) in [6, 6.07) is 7.89. The summed E-state index contributed by atoms with van der Waals surface area (Å²) in [4.78, 5) is 18.2. The van der Waals surface area contributed by atoms with Crippen molar-refractivity contribution in [2.24, 2.45) is 5.92 Å². The zero-order chi connectivity index (χ0) is 22.6. The molecule has 0 saturated carbocycles. The maximum atomic E-state index is 12.8. The molecule has 0 spiro atoms. The van der Waals surface area contributed by atoms with Crippen molar-refractivity contribution >= 4 is 23.3 Å². The number of amides is 1. The Bertz CT molecular complexity index is 918. The number of piperidine rings is 1. The number of rotatable bonds is 6. The predicted molar refractivity (Wildman–Crippen MR) is 110 cm³/mol. The van der Waals surface area contributed by atoms with E-state index in [1.165, 1.54) is 7.11 Å². The third-order valence-electron chi connectivity index (χ3n) is 5.28. The van der Waals surface area contributed by atoms with Crippen molar-refractivity contribution in [3.05, 3.63) is 52.7 Å². The monoisotopic (exact) mass is 457 g/mol. The van der Waals surface area contributed by atoms with E-state index in [1.54, 1.807) is 29.2 Å². The summed E-state index contributed by atoms with van der Waals surface area (Å²) in [5, 5.41) is 13.1. The van der Waals surface area contributed by atoms with E-state index in [9.17, 15) is 23.1 Å². The van der Waals surface area contributed by atoms with Gasteiger partial charge in [0.1, 0.15) is 11.6 Å². The molecule has 1 unspecified atom stereocenters. The minimum absolute atomic E-state index is 0.0473. The maximum Gasteiger partial charge on any atom is 0.417 e. The Kier molecular flexibility index (Phi) is 7.27. The van der Waals surface area contributed by atoms with Crippen LogP contribution in [-0.4, -0.2) is 42.7 Å². The number of carbonyl (C=O) groups excluding carboxylic acids is 1. The number of para-hydroxylation sites is 1. The van der Waals surface area contributed by atoms with E-state index < -0.39 is 17.8 Å². The number of anilines is 1. The molecule has 3 rings (SSSR count). The molecule has 1 aromatic heterocycles. The van der Waals surface area contributed by atoms with Crippen LogP contribution in [0.15, 0.2) is 36.5 Å². The molecule has 1 aliphatic heterocycles. The van der Waals surface area contributed by atoms with Gasteiger partial charge in [-0.2, -0.15) is 13.2 Å². The fourth-order valence-corrected chi connectivity index (χ4v) is 3.85. The first-order valence-corrected chi connectivity index (χ1v) is 10.1. The summed E-state index contributed by atoms with van der Waals surface area (Å²) >= 11 is 6.01. The van der Waals surface area contributed by atoms with Crippen LogP contribution in [0, 0.1) is 5.92 Å². The Morgan fingerprint density at radius 1 is 1.35 bits per heavy atom. The summed E-state index contributed by atoms with van der Waals surface area (Å²) < 4.78 is 43.6. The standard InChI is InChI=1S/C21H23ClF3N3O3/c1-31-18-5-3-2-4-15(18)17(29)12-27-20(30)13-6-8-28(9-7-13)19-16(22)10-14(11-26-19)21(23,24)25/h2-5,10-11,13,17,29H,6-9,12H2,1H3,(H,27,30). The van der Waals surface area contributed by atoms with Gasteiger partial charge in [-0.3, -0.25) is 4.79 Å². The Morgan fingerprint density at radius 3 is 2.65 bits per heavy atom. The van der Waals surface area contributed by atoms with E-state index in [-0.39, 0.29) is 29.2 Å². The van der Waals surface area contributed by atoms with E-state index in [2.05, 4.69) is 10.3 Å². The number of aromatic nitrogens is 1. The molecular weight excluding hydrogens is 435 g/mol. The van der Waals surface area contributed by atoms with Crippen molar-refractivity contribution in [2.45, 2.75) is 25.1 Å². The first-order valence-electron chi connectivity index (χ1n) is 9.77. The lowest BCUT2D eigenvalue weighted by Gasteiger charge is -2.32. The van der Waals surface area contributed by atoms with Gasteiger partial charge < -0.3 is 20.1 Å². The molecule has 1 amide bonds. The highest BCUT2D eigenvalue weighted by Gasteiger charge is 2.33. The van der Waals surface area contributed by atoms with Crippen molar-refractivity contribution in [3.63, 3.8) is 0 Å². The van der Waals surface area contributed by atoms with Crippen LogP contribution < -0.4 is 15.0 Å². The topological polar surface area (TPSA) is 74.7 Å². The summed E-state index contributed by atoms with van der Waals surface area (Å²) in [5.41, 5.74) is -0.313. The number of benzene rings is 1. The van der Waals surface area contributed by atoms with Crippen molar-refractivity contribution < 1.29 is 27.8 Å². The van der Waals surface area contributed by atoms with E-state index in [4.69, 9.17) is 16.3 Å². The SMILES string of the molecule is COc1ccccc1C(O)CNC(=O)C1CCN(c2ncc(C(F)(F)F)cc2Cl)CC1. The zero-order valence-corrected chi connectivity index (χ0v) is 17.6. The van der Waals surface area contributed by atoms with Crippen LogP contribution in [0.4, 0.5) is 19.0 Å². The van der Waals surface area contributed by atoms with Gasteiger partial charge in [0.2, 0.25) is 5.91 Å². The highest BCUT2D eigenvalue weighted by molar-refractivity contribution is 6.33. The molecule has 168 valence electrons. The molecule has 2 aromatic rings. The number of nitrogens with zero attached hydrogens (tertiary/aromatic N) is 2. The van der Waals surface area contributed by atoms with Crippen molar-refractivity contribution in [1.82, 2.24) is 10.3 Å². The summed E-state index contributed by atoms with van der Waals surface area (Å²) in [5.74, 6) is 0.369. The summed E-state index contributed by atoms with van der Waals surface area (Å²) in [7, 11) is 1.51. The first-order chi connectivity index (χ1) is 14.7. The second kappa shape index (κ2) is 9.74. The predicted octanol–water partition coefficient (Wildman–Crippen LogP) is 3.83. The fourth-order valence-electron chi connectivity index (χ4n) is 3.57. The average Bonchev–Trinajstić information content (AvgIpc) is 2.76. The van der Waals surface area contributed by atoms with Crippen LogP contribution in [0.5, 0.6) is 5.75 Å². The first kappa shape index (κ1) is 23.1. The second-order valence-electron chi connectivity index (χ2n) is 7.29. The van der Waals surface area contributed by atoms with E-state index >= 15 is 0 Å². The number of halogens is 4. The quantitative estimate of drug-likeness (QED) is 0.689. The molecule has 31 heavy (non-hydrogen) atoms. The Morgan fingerprint density at radius 2 is 2.03 bits per heavy atom. The van der Waals surface area contributed by atoms with Crippen LogP contribution in [0.2, 0.25) is 5.02 Å². The molecule has 6 nitrogen and oxygen atoms in total. The molecule has 0 aliphatic carbocycles. The van der Waals surface area contributed by atoms with Gasteiger partial charge in [-0.25, -0.2) is 4.98 Å². The minimum atomic E-state index is -4.51. The molecule has 10 heteroatoms. The van der Waals surface area contributed by atoms with Gasteiger partial charge in [0.25, 0.3) is 0 Å². The van der Waals surface area contributed by atoms with Crippen LogP contribution in [0.3, 0.4) is 0 Å². The smallest absolute Gasteiger partial charge is 0.417 e. The highest BCUT2D eigenvalue weighted by atomic mass is 35.5. The second-order valence-corrected chi connectivity index (χ2v) is 7.70. The Labute approximate surface area is 183 Å². The van der Waals surface area contributed by atoms with Crippen LogP contribution >= 0.6 is 11.6 Å². The number of hydrogen-bond donors (Lipinski definition) is 2. The molecule has 1 aromatic carbocycles. The molecule has 1 fully saturated rings. The lowest BCUT2D eigenvalue weighted by Crippen LogP contribution is -2.42. The van der Waals surface area contributed by atoms with Crippen LogP contribution in [-0.2, 0) is 11.0 Å². The number of aliphatic hydroxyl groups is 1. The van der Waals surface area contributed by atoms with Gasteiger partial charge >= 0.3 is 6.18 Å². The average molecular weight is 458 g/mol. The number of aliphatic hydroxyl groups excluding tert-OH is 1. The molecule has 1 saturated heterocycles. The van der Waals surface area contributed by atoms with E-state index in [0.717, 1.165) is 12.3 Å².